The Hall–Kier alpha value is -3.36. The highest BCUT2D eigenvalue weighted by atomic mass is 79.9. The summed E-state index contributed by atoms with van der Waals surface area (Å²) in [5.41, 5.74) is 9.08. The van der Waals surface area contributed by atoms with Crippen molar-refractivity contribution in [3.63, 3.8) is 0 Å². The van der Waals surface area contributed by atoms with E-state index < -0.39 is 30.0 Å². The first kappa shape index (κ1) is 25.7. The van der Waals surface area contributed by atoms with Crippen molar-refractivity contribution >= 4 is 45.4 Å². The van der Waals surface area contributed by atoms with Crippen LogP contribution in [0.4, 0.5) is 4.79 Å². The van der Waals surface area contributed by atoms with E-state index in [1.165, 1.54) is 4.90 Å². The lowest BCUT2D eigenvalue weighted by atomic mass is 9.93. The van der Waals surface area contributed by atoms with Crippen LogP contribution in [0.25, 0.3) is 0 Å². The van der Waals surface area contributed by atoms with Crippen molar-refractivity contribution in [2.75, 3.05) is 0 Å². The van der Waals surface area contributed by atoms with Crippen LogP contribution in [0.2, 0.25) is 5.02 Å². The standard InChI is InChI=1S/C27H25BrClN3O4/c28-22-11-10-21(29)12-20(22)13-23(25(30)33)31-26(34)24-14-18-8-4-5-9-19(18)15-32(24)27(35)36-16-17-6-2-1-3-7-17/h1-12,23-24H,13-16H2,(H2,30,33)(H,31,34)/t23-,24+/m1/s1. The molecule has 0 aromatic heterocycles. The van der Waals surface area contributed by atoms with E-state index in [9.17, 15) is 14.4 Å². The number of nitrogens with zero attached hydrogens (tertiary/aromatic N) is 1. The average molecular weight is 571 g/mol. The summed E-state index contributed by atoms with van der Waals surface area (Å²) in [6.07, 6.45) is -0.180. The fraction of sp³-hybridized carbons (Fsp3) is 0.222. The van der Waals surface area contributed by atoms with E-state index in [-0.39, 0.29) is 26.0 Å². The van der Waals surface area contributed by atoms with Crippen molar-refractivity contribution in [1.29, 1.82) is 0 Å². The Kier molecular flexibility index (Phi) is 8.28. The summed E-state index contributed by atoms with van der Waals surface area (Å²) >= 11 is 9.54. The maximum atomic E-state index is 13.4. The molecule has 186 valence electrons. The minimum Gasteiger partial charge on any atom is -0.445 e. The molecule has 0 saturated carbocycles. The largest absolute Gasteiger partial charge is 0.445 e. The highest BCUT2D eigenvalue weighted by Gasteiger charge is 2.37. The van der Waals surface area contributed by atoms with Gasteiger partial charge in [-0.1, -0.05) is 82.1 Å². The number of nitrogens with two attached hydrogens (primary N) is 1. The number of benzene rings is 3. The van der Waals surface area contributed by atoms with Gasteiger partial charge < -0.3 is 15.8 Å². The van der Waals surface area contributed by atoms with Crippen LogP contribution in [-0.4, -0.2) is 34.9 Å². The molecule has 0 unspecified atom stereocenters. The molecule has 1 aliphatic rings. The monoisotopic (exact) mass is 569 g/mol. The highest BCUT2D eigenvalue weighted by molar-refractivity contribution is 9.10. The predicted molar refractivity (Wildman–Crippen MR) is 140 cm³/mol. The van der Waals surface area contributed by atoms with Gasteiger partial charge in [-0.3, -0.25) is 14.5 Å². The molecule has 4 rings (SSSR count). The molecule has 1 aliphatic heterocycles. The lowest BCUT2D eigenvalue weighted by molar-refractivity contribution is -0.131. The van der Waals surface area contributed by atoms with Crippen molar-refractivity contribution in [2.45, 2.75) is 38.1 Å². The van der Waals surface area contributed by atoms with E-state index in [4.69, 9.17) is 22.1 Å². The van der Waals surface area contributed by atoms with E-state index in [1.807, 2.05) is 54.6 Å². The van der Waals surface area contributed by atoms with Gasteiger partial charge in [-0.05, 0) is 40.5 Å². The van der Waals surface area contributed by atoms with Crippen LogP contribution in [0.5, 0.6) is 0 Å². The molecule has 0 aliphatic carbocycles. The van der Waals surface area contributed by atoms with Gasteiger partial charge in [0.2, 0.25) is 11.8 Å². The molecule has 3 aromatic rings. The molecular formula is C27H25BrClN3O4. The summed E-state index contributed by atoms with van der Waals surface area (Å²) in [4.78, 5) is 40.2. The zero-order valence-electron chi connectivity index (χ0n) is 19.3. The number of carbonyl (C=O) groups excluding carboxylic acids is 3. The van der Waals surface area contributed by atoms with E-state index >= 15 is 0 Å². The Balaban J connectivity index is 1.53. The Morgan fingerprint density at radius 1 is 1.06 bits per heavy atom. The minimum absolute atomic E-state index is 0.0822. The van der Waals surface area contributed by atoms with Crippen molar-refractivity contribution in [2.24, 2.45) is 5.73 Å². The third kappa shape index (κ3) is 6.25. The van der Waals surface area contributed by atoms with E-state index in [0.29, 0.717) is 5.02 Å². The van der Waals surface area contributed by atoms with Gasteiger partial charge in [-0.15, -0.1) is 0 Å². The number of primary amides is 1. The zero-order chi connectivity index (χ0) is 25.7. The van der Waals surface area contributed by atoms with E-state index in [1.54, 1.807) is 18.2 Å². The molecule has 0 saturated heterocycles. The zero-order valence-corrected chi connectivity index (χ0v) is 21.7. The van der Waals surface area contributed by atoms with Crippen LogP contribution in [0, 0.1) is 0 Å². The maximum Gasteiger partial charge on any atom is 0.411 e. The number of hydrogen-bond donors (Lipinski definition) is 2. The molecule has 0 fully saturated rings. The molecule has 2 atom stereocenters. The fourth-order valence-electron chi connectivity index (χ4n) is 4.16. The molecule has 3 aromatic carbocycles. The first-order valence-electron chi connectivity index (χ1n) is 11.4. The minimum atomic E-state index is -0.994. The molecule has 3 amide bonds. The van der Waals surface area contributed by atoms with E-state index in [0.717, 1.165) is 26.7 Å². The first-order valence-corrected chi connectivity index (χ1v) is 12.6. The Labute approximate surface area is 222 Å². The summed E-state index contributed by atoms with van der Waals surface area (Å²) in [6, 6.07) is 20.3. The average Bonchev–Trinajstić information content (AvgIpc) is 2.88. The van der Waals surface area contributed by atoms with Crippen molar-refractivity contribution in [3.8, 4) is 0 Å². The van der Waals surface area contributed by atoms with Crippen molar-refractivity contribution in [1.82, 2.24) is 10.2 Å². The van der Waals surface area contributed by atoms with Crippen LogP contribution < -0.4 is 11.1 Å². The number of carbonyl (C=O) groups is 3. The lowest BCUT2D eigenvalue weighted by Crippen LogP contribution is -2.56. The van der Waals surface area contributed by atoms with Crippen LogP contribution in [0.3, 0.4) is 0 Å². The van der Waals surface area contributed by atoms with Crippen LogP contribution in [-0.2, 0) is 40.3 Å². The topological polar surface area (TPSA) is 102 Å². The molecule has 9 heteroatoms. The third-order valence-corrected chi connectivity index (χ3v) is 7.09. The third-order valence-electron chi connectivity index (χ3n) is 6.08. The summed E-state index contributed by atoms with van der Waals surface area (Å²) in [5, 5.41) is 3.24. The summed E-state index contributed by atoms with van der Waals surface area (Å²) in [5.74, 6) is -1.17. The molecule has 0 radical (unpaired) electrons. The van der Waals surface area contributed by atoms with Gasteiger partial charge in [0.25, 0.3) is 0 Å². The van der Waals surface area contributed by atoms with Gasteiger partial charge in [-0.2, -0.15) is 0 Å². The fourth-order valence-corrected chi connectivity index (χ4v) is 4.76. The Bertz CT molecular complexity index is 1270. The van der Waals surface area contributed by atoms with Gasteiger partial charge in [0.05, 0.1) is 6.54 Å². The number of halogens is 2. The second-order valence-electron chi connectivity index (χ2n) is 8.56. The van der Waals surface area contributed by atoms with Crippen LogP contribution in [0.1, 0.15) is 22.3 Å². The Morgan fingerprint density at radius 2 is 1.75 bits per heavy atom. The Morgan fingerprint density at radius 3 is 2.47 bits per heavy atom. The van der Waals surface area contributed by atoms with Crippen LogP contribution in [0.15, 0.2) is 77.3 Å². The second kappa shape index (κ2) is 11.6. The second-order valence-corrected chi connectivity index (χ2v) is 9.85. The lowest BCUT2D eigenvalue weighted by Gasteiger charge is -2.35. The summed E-state index contributed by atoms with van der Waals surface area (Å²) in [6.45, 7) is 0.293. The van der Waals surface area contributed by atoms with E-state index in [2.05, 4.69) is 21.2 Å². The molecular weight excluding hydrogens is 546 g/mol. The highest BCUT2D eigenvalue weighted by Crippen LogP contribution is 2.26. The number of fused-ring (bicyclic) bond motifs is 1. The molecule has 3 N–H and O–H groups in total. The number of rotatable bonds is 7. The number of hydrogen-bond acceptors (Lipinski definition) is 4. The summed E-state index contributed by atoms with van der Waals surface area (Å²) < 4.78 is 6.28. The molecule has 0 spiro atoms. The maximum absolute atomic E-state index is 13.4. The van der Waals surface area contributed by atoms with Gasteiger partial charge in [-0.25, -0.2) is 4.79 Å². The van der Waals surface area contributed by atoms with Gasteiger partial charge in [0.1, 0.15) is 18.7 Å². The smallest absolute Gasteiger partial charge is 0.411 e. The van der Waals surface area contributed by atoms with Crippen molar-refractivity contribution < 1.29 is 19.1 Å². The number of nitrogens with one attached hydrogen (secondary N) is 1. The normalized spacial score (nSPS) is 15.5. The quantitative estimate of drug-likeness (QED) is 0.440. The van der Waals surface area contributed by atoms with Crippen LogP contribution >= 0.6 is 27.5 Å². The number of ether oxygens (including phenoxy) is 1. The molecule has 1 heterocycles. The first-order chi connectivity index (χ1) is 17.3. The number of amides is 3. The van der Waals surface area contributed by atoms with Gasteiger partial charge >= 0.3 is 6.09 Å². The van der Waals surface area contributed by atoms with Gasteiger partial charge in [0, 0.05) is 22.3 Å². The summed E-state index contributed by atoms with van der Waals surface area (Å²) in [7, 11) is 0. The van der Waals surface area contributed by atoms with Gasteiger partial charge in [0.15, 0.2) is 0 Å². The molecule has 7 nitrogen and oxygen atoms in total. The van der Waals surface area contributed by atoms with Crippen molar-refractivity contribution in [3.05, 3.63) is 105 Å². The predicted octanol–water partition coefficient (Wildman–Crippen LogP) is 4.38. The molecule has 0 bridgehead atoms. The SMILES string of the molecule is NC(=O)[C@@H](Cc1cc(Cl)ccc1Br)NC(=O)[C@@H]1Cc2ccccc2CN1C(=O)OCc1ccccc1. The molecule has 36 heavy (non-hydrogen) atoms.